The third kappa shape index (κ3) is 3.90. The second-order valence-electron chi connectivity index (χ2n) is 9.50. The van der Waals surface area contributed by atoms with Crippen LogP contribution < -0.4 is 0 Å². The molecule has 2 aromatic carbocycles. The molecule has 0 fully saturated rings. The molecular formula is C31H23N3O2S2. The van der Waals surface area contributed by atoms with Crippen LogP contribution in [0.15, 0.2) is 109 Å². The van der Waals surface area contributed by atoms with Crippen LogP contribution in [0.4, 0.5) is 0 Å². The number of pyridine rings is 1. The summed E-state index contributed by atoms with van der Waals surface area (Å²) in [4.78, 5) is 4.82. The summed E-state index contributed by atoms with van der Waals surface area (Å²) in [6.07, 6.45) is 9.26. The fourth-order valence-corrected chi connectivity index (χ4v) is 7.63. The van der Waals surface area contributed by atoms with Gasteiger partial charge in [0.1, 0.15) is 15.7 Å². The number of nitrogens with zero attached hydrogens (tertiary/aromatic N) is 3. The van der Waals surface area contributed by atoms with Crippen LogP contribution in [0.2, 0.25) is 0 Å². The fourth-order valence-electron chi connectivity index (χ4n) is 5.06. The molecule has 38 heavy (non-hydrogen) atoms. The van der Waals surface area contributed by atoms with Crippen LogP contribution in [-0.2, 0) is 10.0 Å². The topological polar surface area (TPSA) is 75.8 Å². The van der Waals surface area contributed by atoms with Gasteiger partial charge in [-0.2, -0.15) is 5.26 Å². The average Bonchev–Trinajstić information content (AvgIpc) is 3.59. The van der Waals surface area contributed by atoms with Gasteiger partial charge in [-0.1, -0.05) is 60.7 Å². The third-order valence-electron chi connectivity index (χ3n) is 7.05. The molecule has 0 aliphatic heterocycles. The van der Waals surface area contributed by atoms with E-state index in [1.54, 1.807) is 31.5 Å². The second kappa shape index (κ2) is 9.25. The number of allylic oxidation sites excluding steroid dienone is 3. The molecule has 1 atom stereocenters. The average molecular weight is 534 g/mol. The predicted octanol–water partition coefficient (Wildman–Crippen LogP) is 7.28. The Labute approximate surface area is 225 Å². The molecule has 6 rings (SSSR count). The molecule has 0 N–H and O–H groups in total. The van der Waals surface area contributed by atoms with Crippen molar-refractivity contribution in [2.75, 3.05) is 0 Å². The molecule has 3 heterocycles. The zero-order valence-corrected chi connectivity index (χ0v) is 22.2. The van der Waals surface area contributed by atoms with Crippen LogP contribution in [0.25, 0.3) is 38.9 Å². The number of hydrogen-bond donors (Lipinski definition) is 0. The number of aromatic nitrogens is 2. The van der Waals surface area contributed by atoms with Crippen molar-refractivity contribution >= 4 is 37.8 Å². The third-order valence-corrected chi connectivity index (χ3v) is 10.2. The van der Waals surface area contributed by atoms with E-state index in [0.717, 1.165) is 33.2 Å². The van der Waals surface area contributed by atoms with Crippen LogP contribution in [-0.4, -0.2) is 22.1 Å². The fraction of sp³-hybridized carbons (Fsp3) is 0.0968. The molecule has 0 radical (unpaired) electrons. The number of hydrogen-bond acceptors (Lipinski definition) is 5. The van der Waals surface area contributed by atoms with Gasteiger partial charge < -0.3 is 0 Å². The van der Waals surface area contributed by atoms with Crippen molar-refractivity contribution in [2.24, 2.45) is 0 Å². The molecule has 5 nitrogen and oxygen atoms in total. The first kappa shape index (κ1) is 24.1. The summed E-state index contributed by atoms with van der Waals surface area (Å²) in [5.41, 5.74) is 5.60. The molecule has 3 aromatic heterocycles. The van der Waals surface area contributed by atoms with Crippen molar-refractivity contribution in [3.8, 4) is 28.5 Å². The minimum atomic E-state index is -3.95. The van der Waals surface area contributed by atoms with E-state index in [0.29, 0.717) is 16.1 Å². The zero-order chi connectivity index (χ0) is 26.3. The van der Waals surface area contributed by atoms with Crippen molar-refractivity contribution in [3.63, 3.8) is 0 Å². The van der Waals surface area contributed by atoms with Gasteiger partial charge in [0.25, 0.3) is 0 Å². The quantitative estimate of drug-likeness (QED) is 0.238. The first-order valence-electron chi connectivity index (χ1n) is 12.1. The molecule has 1 aliphatic carbocycles. The lowest BCUT2D eigenvalue weighted by Gasteiger charge is -2.31. The number of rotatable bonds is 5. The Kier molecular flexibility index (Phi) is 5.87. The van der Waals surface area contributed by atoms with Gasteiger partial charge in [0.2, 0.25) is 10.0 Å². The van der Waals surface area contributed by atoms with E-state index < -0.39 is 14.8 Å². The predicted molar refractivity (Wildman–Crippen MR) is 154 cm³/mol. The Hall–Kier alpha value is -4.25. The maximum absolute atomic E-state index is 14.6. The van der Waals surface area contributed by atoms with E-state index in [4.69, 9.17) is 0 Å². The standard InChI is InChI=1S/C31H23N3O2S2/c1-31(14-5-10-25(19-31)27-13-16-37-30(27)20-32)38(35,36)34-28-12-3-2-7-24(28)18-29(34)23-9-4-8-22(17-23)26-11-6-15-33-21-26/h2-18,21H,19H2,1H3. The maximum Gasteiger partial charge on any atom is 0.248 e. The molecule has 186 valence electrons. The highest BCUT2D eigenvalue weighted by Crippen LogP contribution is 2.41. The molecule has 1 unspecified atom stereocenters. The molecule has 0 bridgehead atoms. The summed E-state index contributed by atoms with van der Waals surface area (Å²) in [5.74, 6) is 0. The van der Waals surface area contributed by atoms with Crippen LogP contribution in [0.5, 0.6) is 0 Å². The lowest BCUT2D eigenvalue weighted by molar-refractivity contribution is 0.557. The van der Waals surface area contributed by atoms with Crippen molar-refractivity contribution in [3.05, 3.63) is 119 Å². The number of benzene rings is 2. The molecular weight excluding hydrogens is 510 g/mol. The highest BCUT2D eigenvalue weighted by atomic mass is 32.2. The summed E-state index contributed by atoms with van der Waals surface area (Å²) < 4.78 is 29.5. The van der Waals surface area contributed by atoms with E-state index in [1.807, 2.05) is 84.3 Å². The largest absolute Gasteiger partial charge is 0.264 e. The Balaban J connectivity index is 1.51. The Morgan fingerprint density at radius 1 is 1.00 bits per heavy atom. The Morgan fingerprint density at radius 3 is 2.63 bits per heavy atom. The summed E-state index contributed by atoms with van der Waals surface area (Å²) >= 11 is 1.36. The summed E-state index contributed by atoms with van der Waals surface area (Å²) in [6.45, 7) is 1.76. The van der Waals surface area contributed by atoms with Crippen LogP contribution in [0.1, 0.15) is 23.8 Å². The van der Waals surface area contributed by atoms with E-state index in [-0.39, 0.29) is 6.42 Å². The van der Waals surface area contributed by atoms with Gasteiger partial charge in [-0.3, -0.25) is 4.98 Å². The van der Waals surface area contributed by atoms with Gasteiger partial charge in [0.05, 0.1) is 11.2 Å². The van der Waals surface area contributed by atoms with Crippen LogP contribution in [0, 0.1) is 11.3 Å². The molecule has 1 aliphatic rings. The SMILES string of the molecule is CC1(S(=O)(=O)n2c(-c3cccc(-c4cccnc4)c3)cc3ccccc32)C=CC=C(c2ccsc2C#N)C1. The summed E-state index contributed by atoms with van der Waals surface area (Å²) in [6, 6.07) is 25.4. The van der Waals surface area contributed by atoms with E-state index in [1.165, 1.54) is 15.3 Å². The van der Waals surface area contributed by atoms with Crippen LogP contribution in [0.3, 0.4) is 0 Å². The van der Waals surface area contributed by atoms with Crippen molar-refractivity contribution < 1.29 is 8.42 Å². The number of nitriles is 1. The molecule has 7 heteroatoms. The van der Waals surface area contributed by atoms with E-state index in [2.05, 4.69) is 11.1 Å². The molecule has 0 spiro atoms. The van der Waals surface area contributed by atoms with Gasteiger partial charge in [0, 0.05) is 28.9 Å². The highest BCUT2D eigenvalue weighted by Gasteiger charge is 2.42. The molecule has 0 saturated heterocycles. The maximum atomic E-state index is 14.6. The van der Waals surface area contributed by atoms with Crippen molar-refractivity contribution in [1.29, 1.82) is 5.26 Å². The highest BCUT2D eigenvalue weighted by molar-refractivity contribution is 7.91. The number of para-hydroxylation sites is 1. The zero-order valence-electron chi connectivity index (χ0n) is 20.6. The van der Waals surface area contributed by atoms with Gasteiger partial charge >= 0.3 is 0 Å². The molecule has 5 aromatic rings. The van der Waals surface area contributed by atoms with Gasteiger partial charge in [-0.25, -0.2) is 12.4 Å². The number of thiophene rings is 1. The van der Waals surface area contributed by atoms with E-state index >= 15 is 0 Å². The Morgan fingerprint density at radius 2 is 1.82 bits per heavy atom. The molecule has 0 amide bonds. The van der Waals surface area contributed by atoms with Gasteiger partial charge in [-0.05, 0) is 65.8 Å². The lowest BCUT2D eigenvalue weighted by Crippen LogP contribution is -2.39. The smallest absolute Gasteiger partial charge is 0.248 e. The van der Waals surface area contributed by atoms with Crippen molar-refractivity contribution in [1.82, 2.24) is 8.96 Å². The molecule has 0 saturated carbocycles. The minimum Gasteiger partial charge on any atom is -0.264 e. The Bertz CT molecular complexity index is 1890. The normalized spacial score (nSPS) is 17.3. The minimum absolute atomic E-state index is 0.263. The lowest BCUT2D eigenvalue weighted by atomic mass is 9.91. The van der Waals surface area contributed by atoms with E-state index in [9.17, 15) is 13.7 Å². The monoisotopic (exact) mass is 533 g/mol. The van der Waals surface area contributed by atoms with Crippen LogP contribution >= 0.6 is 11.3 Å². The summed E-state index contributed by atoms with van der Waals surface area (Å²) in [5, 5.41) is 12.3. The number of fused-ring (bicyclic) bond motifs is 1. The second-order valence-corrected chi connectivity index (χ2v) is 12.7. The van der Waals surface area contributed by atoms with Gasteiger partial charge in [-0.15, -0.1) is 11.3 Å². The first-order chi connectivity index (χ1) is 18.4. The summed E-state index contributed by atoms with van der Waals surface area (Å²) in [7, 11) is -3.95. The van der Waals surface area contributed by atoms with Gasteiger partial charge in [0.15, 0.2) is 0 Å². The first-order valence-corrected chi connectivity index (χ1v) is 14.5. The van der Waals surface area contributed by atoms with Crippen molar-refractivity contribution in [2.45, 2.75) is 18.1 Å².